The number of ether oxygens (including phenoxy) is 1. The predicted octanol–water partition coefficient (Wildman–Crippen LogP) is 4.48. The zero-order chi connectivity index (χ0) is 24.2. The zero-order valence-corrected chi connectivity index (χ0v) is 20.2. The summed E-state index contributed by atoms with van der Waals surface area (Å²) in [6.45, 7) is 2.86. The summed E-state index contributed by atoms with van der Waals surface area (Å²) >= 11 is 12.2. The first-order valence-electron chi connectivity index (χ1n) is 11.0. The summed E-state index contributed by atoms with van der Waals surface area (Å²) < 4.78 is 21.6. The maximum Gasteiger partial charge on any atom is 0.248 e. The Morgan fingerprint density at radius 3 is 2.74 bits per heavy atom. The summed E-state index contributed by atoms with van der Waals surface area (Å²) in [5.41, 5.74) is 3.01. The Labute approximate surface area is 207 Å². The van der Waals surface area contributed by atoms with Crippen molar-refractivity contribution in [3.05, 3.63) is 63.9 Å². The summed E-state index contributed by atoms with van der Waals surface area (Å²) in [6.07, 6.45) is 7.43. The summed E-state index contributed by atoms with van der Waals surface area (Å²) in [7, 11) is 0. The van der Waals surface area contributed by atoms with E-state index in [2.05, 4.69) is 10.1 Å². The van der Waals surface area contributed by atoms with Crippen molar-refractivity contribution in [1.82, 2.24) is 19.7 Å². The molecule has 0 unspecified atom stereocenters. The first-order chi connectivity index (χ1) is 16.4. The fraction of sp³-hybridized carbons (Fsp3) is 0.375. The average molecular weight is 507 g/mol. The minimum Gasteiger partial charge on any atom is -0.491 e. The molecule has 1 aliphatic heterocycles. The predicted molar refractivity (Wildman–Crippen MR) is 128 cm³/mol. The van der Waals surface area contributed by atoms with Gasteiger partial charge in [0.05, 0.1) is 29.6 Å². The first-order valence-corrected chi connectivity index (χ1v) is 11.8. The van der Waals surface area contributed by atoms with E-state index < -0.39 is 12.4 Å². The minimum absolute atomic E-state index is 0.0127. The number of aliphatic hydroxyl groups is 1. The molecule has 0 spiro atoms. The molecule has 7 nitrogen and oxygen atoms in total. The molecule has 4 rings (SSSR count). The number of hydrogen-bond donors (Lipinski definition) is 1. The van der Waals surface area contributed by atoms with Crippen LogP contribution < -0.4 is 4.74 Å². The second kappa shape index (κ2) is 10.7. The van der Waals surface area contributed by atoms with Gasteiger partial charge in [-0.2, -0.15) is 5.10 Å². The van der Waals surface area contributed by atoms with Crippen LogP contribution in [-0.2, 0) is 11.2 Å². The van der Waals surface area contributed by atoms with Crippen LogP contribution in [0.2, 0.25) is 10.0 Å². The molecule has 10 heteroatoms. The number of likely N-dealkylation sites (tertiary alicyclic amines) is 1. The Morgan fingerprint density at radius 2 is 2.00 bits per heavy atom. The minimum atomic E-state index is -0.511. The third-order valence-electron chi connectivity index (χ3n) is 6.05. The molecule has 0 bridgehead atoms. The van der Waals surface area contributed by atoms with Crippen molar-refractivity contribution in [3.8, 4) is 16.9 Å². The maximum absolute atomic E-state index is 13.7. The van der Waals surface area contributed by atoms with E-state index in [9.17, 15) is 9.18 Å². The van der Waals surface area contributed by atoms with Crippen molar-refractivity contribution in [1.29, 1.82) is 0 Å². The highest BCUT2D eigenvalue weighted by Crippen LogP contribution is 2.30. The highest BCUT2D eigenvalue weighted by atomic mass is 35.5. The molecule has 3 heterocycles. The SMILES string of the molecule is Cc1ncc(-c2cnn(C3CCN(C(=O)CO)CC3)c2)cc1OCCc1c(Cl)ccc(F)c1Cl. The van der Waals surface area contributed by atoms with Gasteiger partial charge in [0.15, 0.2) is 0 Å². The molecule has 0 atom stereocenters. The first kappa shape index (κ1) is 24.4. The lowest BCUT2D eigenvalue weighted by molar-refractivity contribution is -0.135. The number of piperidine rings is 1. The molecule has 1 saturated heterocycles. The van der Waals surface area contributed by atoms with Crippen LogP contribution >= 0.6 is 23.2 Å². The van der Waals surface area contributed by atoms with Gasteiger partial charge in [-0.25, -0.2) is 4.39 Å². The van der Waals surface area contributed by atoms with Crippen LogP contribution in [0.4, 0.5) is 4.39 Å². The number of halogens is 3. The Kier molecular flexibility index (Phi) is 7.70. The fourth-order valence-corrected chi connectivity index (χ4v) is 4.60. The van der Waals surface area contributed by atoms with Crippen molar-refractivity contribution >= 4 is 29.1 Å². The maximum atomic E-state index is 13.7. The third kappa shape index (κ3) is 5.35. The van der Waals surface area contributed by atoms with Crippen LogP contribution in [0, 0.1) is 12.7 Å². The molecule has 1 fully saturated rings. The average Bonchev–Trinajstić information content (AvgIpc) is 3.34. The Morgan fingerprint density at radius 1 is 1.24 bits per heavy atom. The molecular formula is C24H25Cl2FN4O3. The van der Waals surface area contributed by atoms with Gasteiger partial charge >= 0.3 is 0 Å². The second-order valence-corrected chi connectivity index (χ2v) is 8.99. The van der Waals surface area contributed by atoms with Gasteiger partial charge in [-0.05, 0) is 43.5 Å². The number of carbonyl (C=O) groups is 1. The number of carbonyl (C=O) groups excluding carboxylic acids is 1. The molecular weight excluding hydrogens is 482 g/mol. The Bertz CT molecular complexity index is 1180. The third-order valence-corrected chi connectivity index (χ3v) is 6.81. The Hall–Kier alpha value is -2.68. The van der Waals surface area contributed by atoms with Crippen LogP contribution in [0.3, 0.4) is 0 Å². The summed E-state index contributed by atoms with van der Waals surface area (Å²) in [4.78, 5) is 17.8. The van der Waals surface area contributed by atoms with Crippen molar-refractivity contribution in [2.45, 2.75) is 32.2 Å². The van der Waals surface area contributed by atoms with Crippen LogP contribution in [-0.4, -0.2) is 57.0 Å². The molecule has 1 N–H and O–H groups in total. The van der Waals surface area contributed by atoms with Crippen molar-refractivity contribution < 1.29 is 19.0 Å². The summed E-state index contributed by atoms with van der Waals surface area (Å²) in [5.74, 6) is -0.131. The van der Waals surface area contributed by atoms with E-state index in [0.717, 1.165) is 29.7 Å². The van der Waals surface area contributed by atoms with E-state index >= 15 is 0 Å². The number of aliphatic hydroxyl groups excluding tert-OH is 1. The van der Waals surface area contributed by atoms with Crippen LogP contribution in [0.5, 0.6) is 5.75 Å². The van der Waals surface area contributed by atoms with E-state index in [1.807, 2.05) is 23.9 Å². The highest BCUT2D eigenvalue weighted by Gasteiger charge is 2.24. The Balaban J connectivity index is 1.41. The number of aryl methyl sites for hydroxylation is 1. The van der Waals surface area contributed by atoms with Crippen molar-refractivity contribution in [3.63, 3.8) is 0 Å². The molecule has 1 aromatic carbocycles. The quantitative estimate of drug-likeness (QED) is 0.478. The van der Waals surface area contributed by atoms with E-state index in [1.54, 1.807) is 17.3 Å². The highest BCUT2D eigenvalue weighted by molar-refractivity contribution is 6.36. The smallest absolute Gasteiger partial charge is 0.248 e. The summed E-state index contributed by atoms with van der Waals surface area (Å²) in [5, 5.41) is 14.0. The molecule has 180 valence electrons. The number of benzene rings is 1. The van der Waals surface area contributed by atoms with Gasteiger partial charge in [0.1, 0.15) is 18.2 Å². The number of nitrogens with zero attached hydrogens (tertiary/aromatic N) is 4. The molecule has 2 aromatic heterocycles. The van der Waals surface area contributed by atoms with Crippen LogP contribution in [0.15, 0.2) is 36.8 Å². The molecule has 1 aliphatic rings. The number of hydrogen-bond acceptors (Lipinski definition) is 5. The van der Waals surface area contributed by atoms with Gasteiger partial charge < -0.3 is 14.7 Å². The lowest BCUT2D eigenvalue weighted by Crippen LogP contribution is -2.40. The van der Waals surface area contributed by atoms with Gasteiger partial charge in [-0.1, -0.05) is 23.2 Å². The standard InChI is InChI=1S/C24H25Cl2FN4O3/c1-15-22(34-9-6-19-20(25)2-3-21(27)24(19)26)10-16(11-28-15)17-12-29-31(13-17)18-4-7-30(8-5-18)23(33)14-32/h2-3,10-13,18,32H,4-9,14H2,1H3. The largest absolute Gasteiger partial charge is 0.491 e. The van der Waals surface area contributed by atoms with E-state index in [1.165, 1.54) is 12.1 Å². The molecule has 0 radical (unpaired) electrons. The van der Waals surface area contributed by atoms with Gasteiger partial charge in [0.25, 0.3) is 0 Å². The summed E-state index contributed by atoms with van der Waals surface area (Å²) in [6, 6.07) is 4.81. The normalized spacial score (nSPS) is 14.4. The van der Waals surface area contributed by atoms with Crippen molar-refractivity contribution in [2.75, 3.05) is 26.3 Å². The van der Waals surface area contributed by atoms with Crippen LogP contribution in [0.25, 0.3) is 11.1 Å². The number of rotatable bonds is 7. The molecule has 1 amide bonds. The van der Waals surface area contributed by atoms with Gasteiger partial charge in [0.2, 0.25) is 5.91 Å². The molecule has 0 aliphatic carbocycles. The molecule has 0 saturated carbocycles. The van der Waals surface area contributed by atoms with Gasteiger partial charge in [-0.3, -0.25) is 14.5 Å². The zero-order valence-electron chi connectivity index (χ0n) is 18.7. The number of amides is 1. The fourth-order valence-electron chi connectivity index (χ4n) is 4.04. The lowest BCUT2D eigenvalue weighted by atomic mass is 10.1. The molecule has 34 heavy (non-hydrogen) atoms. The lowest BCUT2D eigenvalue weighted by Gasteiger charge is -2.31. The van der Waals surface area contributed by atoms with E-state index in [-0.39, 0.29) is 23.6 Å². The van der Waals surface area contributed by atoms with Crippen LogP contribution in [0.1, 0.15) is 30.1 Å². The topological polar surface area (TPSA) is 80.5 Å². The van der Waals surface area contributed by atoms with E-state index in [4.69, 9.17) is 33.0 Å². The number of aromatic nitrogens is 3. The monoisotopic (exact) mass is 506 g/mol. The van der Waals surface area contributed by atoms with Gasteiger partial charge in [0, 0.05) is 48.1 Å². The number of pyridine rings is 1. The van der Waals surface area contributed by atoms with E-state index in [0.29, 0.717) is 35.8 Å². The molecule has 3 aromatic rings. The van der Waals surface area contributed by atoms with Crippen molar-refractivity contribution in [2.24, 2.45) is 0 Å². The van der Waals surface area contributed by atoms with Gasteiger partial charge in [-0.15, -0.1) is 0 Å². The second-order valence-electron chi connectivity index (χ2n) is 8.21.